The standard InChI is InChI=1S/C15H26N2O3/c1-3-8-15(13(18)19)9-5-10-17(11-15)14(20)16(2)12-6-4-7-12/h12H,3-11H2,1-2H3,(H,18,19). The van der Waals surface area contributed by atoms with Crippen LogP contribution in [0.25, 0.3) is 0 Å². The lowest BCUT2D eigenvalue weighted by atomic mass is 9.76. The second-order valence-corrected chi connectivity index (χ2v) is 6.34. The molecule has 0 bridgehead atoms. The monoisotopic (exact) mass is 282 g/mol. The molecule has 0 aromatic heterocycles. The van der Waals surface area contributed by atoms with E-state index in [2.05, 4.69) is 0 Å². The van der Waals surface area contributed by atoms with Gasteiger partial charge in [0.2, 0.25) is 0 Å². The fourth-order valence-corrected chi connectivity index (χ4v) is 3.41. The van der Waals surface area contributed by atoms with Crippen LogP contribution in [0.5, 0.6) is 0 Å². The van der Waals surface area contributed by atoms with Gasteiger partial charge in [-0.1, -0.05) is 13.3 Å². The maximum Gasteiger partial charge on any atom is 0.320 e. The quantitative estimate of drug-likeness (QED) is 0.862. The Morgan fingerprint density at radius 1 is 1.35 bits per heavy atom. The lowest BCUT2D eigenvalue weighted by molar-refractivity contribution is -0.152. The van der Waals surface area contributed by atoms with Gasteiger partial charge in [-0.3, -0.25) is 4.79 Å². The Balaban J connectivity index is 2.04. The normalized spacial score (nSPS) is 27.0. The molecule has 0 spiro atoms. The van der Waals surface area contributed by atoms with E-state index in [9.17, 15) is 14.7 Å². The van der Waals surface area contributed by atoms with Crippen LogP contribution < -0.4 is 0 Å². The molecular formula is C15H26N2O3. The van der Waals surface area contributed by atoms with E-state index in [1.54, 1.807) is 4.90 Å². The summed E-state index contributed by atoms with van der Waals surface area (Å²) in [6.07, 6.45) is 6.32. The lowest BCUT2D eigenvalue weighted by Gasteiger charge is -2.43. The van der Waals surface area contributed by atoms with Gasteiger partial charge in [0.15, 0.2) is 0 Å². The number of urea groups is 1. The van der Waals surface area contributed by atoms with Crippen molar-refractivity contribution >= 4 is 12.0 Å². The van der Waals surface area contributed by atoms with E-state index in [1.165, 1.54) is 6.42 Å². The molecule has 1 unspecified atom stereocenters. The molecule has 0 radical (unpaired) electrons. The molecular weight excluding hydrogens is 256 g/mol. The lowest BCUT2D eigenvalue weighted by Crippen LogP contribution is -2.55. The Labute approximate surface area is 120 Å². The summed E-state index contributed by atoms with van der Waals surface area (Å²) < 4.78 is 0. The number of piperidine rings is 1. The van der Waals surface area contributed by atoms with E-state index >= 15 is 0 Å². The van der Waals surface area contributed by atoms with Crippen LogP contribution in [-0.4, -0.2) is 53.1 Å². The Hall–Kier alpha value is -1.26. The number of rotatable bonds is 4. The summed E-state index contributed by atoms with van der Waals surface area (Å²) in [6.45, 7) is 3.06. The Kier molecular flexibility index (Phi) is 4.55. The molecule has 2 fully saturated rings. The van der Waals surface area contributed by atoms with Crippen molar-refractivity contribution in [3.63, 3.8) is 0 Å². The smallest absolute Gasteiger partial charge is 0.320 e. The molecule has 0 aromatic carbocycles. The molecule has 20 heavy (non-hydrogen) atoms. The minimum Gasteiger partial charge on any atom is -0.481 e. The highest BCUT2D eigenvalue weighted by Crippen LogP contribution is 2.36. The molecule has 2 aliphatic rings. The highest BCUT2D eigenvalue weighted by Gasteiger charge is 2.43. The predicted molar refractivity (Wildman–Crippen MR) is 76.6 cm³/mol. The molecule has 1 aliphatic heterocycles. The van der Waals surface area contributed by atoms with Gasteiger partial charge in [0.1, 0.15) is 0 Å². The first kappa shape index (κ1) is 15.1. The summed E-state index contributed by atoms with van der Waals surface area (Å²) in [5.41, 5.74) is -0.733. The second-order valence-electron chi connectivity index (χ2n) is 6.34. The van der Waals surface area contributed by atoms with Crippen LogP contribution >= 0.6 is 0 Å². The van der Waals surface area contributed by atoms with Gasteiger partial charge >= 0.3 is 12.0 Å². The van der Waals surface area contributed by atoms with E-state index in [0.717, 1.165) is 25.7 Å². The first-order valence-electron chi connectivity index (χ1n) is 7.75. The number of aliphatic carboxylic acids is 1. The molecule has 1 aliphatic carbocycles. The zero-order chi connectivity index (χ0) is 14.8. The van der Waals surface area contributed by atoms with Gasteiger partial charge in [-0.05, 0) is 38.5 Å². The number of carboxylic acid groups (broad SMARTS) is 1. The minimum absolute atomic E-state index is 0.0103. The summed E-state index contributed by atoms with van der Waals surface area (Å²) >= 11 is 0. The number of likely N-dealkylation sites (tertiary alicyclic amines) is 1. The molecule has 1 N–H and O–H groups in total. The largest absolute Gasteiger partial charge is 0.481 e. The number of carboxylic acids is 1. The number of hydrogen-bond acceptors (Lipinski definition) is 2. The first-order chi connectivity index (χ1) is 9.50. The van der Waals surface area contributed by atoms with Crippen molar-refractivity contribution in [1.82, 2.24) is 9.80 Å². The molecule has 1 saturated carbocycles. The molecule has 5 nitrogen and oxygen atoms in total. The van der Waals surface area contributed by atoms with E-state index in [0.29, 0.717) is 32.0 Å². The maximum atomic E-state index is 12.5. The number of hydrogen-bond donors (Lipinski definition) is 1. The summed E-state index contributed by atoms with van der Waals surface area (Å²) in [7, 11) is 1.85. The van der Waals surface area contributed by atoms with Gasteiger partial charge in [-0.25, -0.2) is 4.79 Å². The van der Waals surface area contributed by atoms with Crippen molar-refractivity contribution < 1.29 is 14.7 Å². The van der Waals surface area contributed by atoms with Gasteiger partial charge in [-0.2, -0.15) is 0 Å². The highest BCUT2D eigenvalue weighted by atomic mass is 16.4. The third-order valence-corrected chi connectivity index (χ3v) is 4.95. The van der Waals surface area contributed by atoms with Gasteiger partial charge in [0.25, 0.3) is 0 Å². The topological polar surface area (TPSA) is 60.9 Å². The summed E-state index contributed by atoms with van der Waals surface area (Å²) in [6, 6.07) is 0.367. The molecule has 114 valence electrons. The number of nitrogens with zero attached hydrogens (tertiary/aromatic N) is 2. The van der Waals surface area contributed by atoms with Crippen LogP contribution in [0.15, 0.2) is 0 Å². The minimum atomic E-state index is -0.747. The van der Waals surface area contributed by atoms with Crippen LogP contribution in [0.1, 0.15) is 51.9 Å². The van der Waals surface area contributed by atoms with Gasteiger partial charge in [0, 0.05) is 26.2 Å². The SMILES string of the molecule is CCCC1(C(=O)O)CCCN(C(=O)N(C)C2CCC2)C1. The summed E-state index contributed by atoms with van der Waals surface area (Å²) in [5, 5.41) is 9.57. The van der Waals surface area contributed by atoms with E-state index in [-0.39, 0.29) is 6.03 Å². The molecule has 2 rings (SSSR count). The first-order valence-corrected chi connectivity index (χ1v) is 7.75. The van der Waals surface area contributed by atoms with Gasteiger partial charge < -0.3 is 14.9 Å². The number of carbonyl (C=O) groups excluding carboxylic acids is 1. The number of carbonyl (C=O) groups is 2. The average Bonchev–Trinajstić information content (AvgIpc) is 2.36. The summed E-state index contributed by atoms with van der Waals surface area (Å²) in [5.74, 6) is -0.747. The van der Waals surface area contributed by atoms with Gasteiger partial charge in [-0.15, -0.1) is 0 Å². The van der Waals surface area contributed by atoms with Crippen LogP contribution in [-0.2, 0) is 4.79 Å². The summed E-state index contributed by atoms with van der Waals surface area (Å²) in [4.78, 5) is 27.7. The highest BCUT2D eigenvalue weighted by molar-refractivity contribution is 5.79. The third-order valence-electron chi connectivity index (χ3n) is 4.95. The molecule has 2 amide bonds. The molecule has 1 atom stereocenters. The molecule has 5 heteroatoms. The average molecular weight is 282 g/mol. The zero-order valence-electron chi connectivity index (χ0n) is 12.6. The Morgan fingerprint density at radius 3 is 2.55 bits per heavy atom. The van der Waals surface area contributed by atoms with Crippen molar-refractivity contribution in [1.29, 1.82) is 0 Å². The molecule has 1 saturated heterocycles. The zero-order valence-corrected chi connectivity index (χ0v) is 12.6. The van der Waals surface area contributed by atoms with Crippen molar-refractivity contribution in [3.05, 3.63) is 0 Å². The van der Waals surface area contributed by atoms with Crippen LogP contribution in [0, 0.1) is 5.41 Å². The van der Waals surface area contributed by atoms with Crippen molar-refractivity contribution in [3.8, 4) is 0 Å². The van der Waals surface area contributed by atoms with Crippen LogP contribution in [0.2, 0.25) is 0 Å². The van der Waals surface area contributed by atoms with Crippen LogP contribution in [0.3, 0.4) is 0 Å². The Bertz CT molecular complexity index is 377. The fraction of sp³-hybridized carbons (Fsp3) is 0.867. The van der Waals surface area contributed by atoms with Crippen molar-refractivity contribution in [2.75, 3.05) is 20.1 Å². The third kappa shape index (κ3) is 2.76. The molecule has 0 aromatic rings. The van der Waals surface area contributed by atoms with Gasteiger partial charge in [0.05, 0.1) is 5.41 Å². The van der Waals surface area contributed by atoms with E-state index in [1.807, 2.05) is 18.9 Å². The van der Waals surface area contributed by atoms with Crippen LogP contribution in [0.4, 0.5) is 4.79 Å². The van der Waals surface area contributed by atoms with E-state index < -0.39 is 11.4 Å². The Morgan fingerprint density at radius 2 is 2.05 bits per heavy atom. The fourth-order valence-electron chi connectivity index (χ4n) is 3.41. The van der Waals surface area contributed by atoms with E-state index in [4.69, 9.17) is 0 Å². The maximum absolute atomic E-state index is 12.5. The van der Waals surface area contributed by atoms with Crippen molar-refractivity contribution in [2.45, 2.75) is 57.9 Å². The second kappa shape index (κ2) is 6.02. The predicted octanol–water partition coefficient (Wildman–Crippen LogP) is 2.56. The number of amides is 2. The molecule has 1 heterocycles. The van der Waals surface area contributed by atoms with Crippen molar-refractivity contribution in [2.24, 2.45) is 5.41 Å².